The molecule has 9 heteroatoms. The van der Waals surface area contributed by atoms with Crippen LogP contribution in [0.4, 0.5) is 13.2 Å². The van der Waals surface area contributed by atoms with Crippen molar-refractivity contribution in [1.82, 2.24) is 4.72 Å². The second kappa shape index (κ2) is 6.55. The molecule has 0 spiro atoms. The summed E-state index contributed by atoms with van der Waals surface area (Å²) in [4.78, 5) is -0.239. The minimum absolute atomic E-state index is 0.0764. The van der Waals surface area contributed by atoms with Gasteiger partial charge in [0.1, 0.15) is 0 Å². The Morgan fingerprint density at radius 1 is 1.05 bits per heavy atom. The van der Waals surface area contributed by atoms with Gasteiger partial charge in [0.05, 0.1) is 10.8 Å². The van der Waals surface area contributed by atoms with Crippen molar-refractivity contribution in [2.75, 3.05) is 0 Å². The molecule has 0 saturated heterocycles. The largest absolute Gasteiger partial charge is 0.393 e. The molecule has 0 amide bonds. The summed E-state index contributed by atoms with van der Waals surface area (Å²) >= 11 is 11.5. The van der Waals surface area contributed by atoms with E-state index in [1.165, 1.54) is 6.07 Å². The predicted octanol–water partition coefficient (Wildman–Crippen LogP) is 4.39. The van der Waals surface area contributed by atoms with Gasteiger partial charge in [0, 0.05) is 16.1 Å². The summed E-state index contributed by atoms with van der Waals surface area (Å²) in [5, 5.41) is 0.202. The Balaban J connectivity index is 2.26. The van der Waals surface area contributed by atoms with Gasteiger partial charge in [-0.1, -0.05) is 36.0 Å². The fraction of sp³-hybridized carbons (Fsp3) is 0.538. The Morgan fingerprint density at radius 3 is 2.14 bits per heavy atom. The van der Waals surface area contributed by atoms with Gasteiger partial charge in [0.25, 0.3) is 0 Å². The summed E-state index contributed by atoms with van der Waals surface area (Å²) < 4.78 is 65.8. The molecule has 1 aliphatic carbocycles. The maximum atomic E-state index is 13.0. The lowest BCUT2D eigenvalue weighted by molar-refractivity contribution is -0.187. The summed E-state index contributed by atoms with van der Waals surface area (Å²) in [6.45, 7) is 0. The first-order chi connectivity index (χ1) is 10.1. The van der Waals surface area contributed by atoms with Crippen molar-refractivity contribution in [2.45, 2.75) is 42.8 Å². The summed E-state index contributed by atoms with van der Waals surface area (Å²) in [6, 6.07) is 2.49. The molecule has 1 aromatic rings. The molecule has 0 aliphatic heterocycles. The Kier molecular flexibility index (Phi) is 5.31. The van der Waals surface area contributed by atoms with E-state index in [1.54, 1.807) is 0 Å². The molecule has 2 unspecified atom stereocenters. The smallest absolute Gasteiger partial charge is 0.207 e. The van der Waals surface area contributed by atoms with E-state index >= 15 is 0 Å². The maximum Gasteiger partial charge on any atom is 0.393 e. The van der Waals surface area contributed by atoms with Gasteiger partial charge in [-0.15, -0.1) is 0 Å². The lowest BCUT2D eigenvalue weighted by Gasteiger charge is -2.33. The molecule has 0 radical (unpaired) electrons. The average molecular weight is 376 g/mol. The predicted molar refractivity (Wildman–Crippen MR) is 78.6 cm³/mol. The van der Waals surface area contributed by atoms with Gasteiger partial charge in [-0.2, -0.15) is 13.2 Å². The Bertz CT molecular complexity index is 629. The van der Waals surface area contributed by atoms with E-state index < -0.39 is 28.2 Å². The van der Waals surface area contributed by atoms with Crippen LogP contribution in [-0.4, -0.2) is 20.6 Å². The second-order valence-corrected chi connectivity index (χ2v) is 7.85. The van der Waals surface area contributed by atoms with E-state index in [0.717, 1.165) is 12.1 Å². The molecule has 1 fully saturated rings. The van der Waals surface area contributed by atoms with E-state index in [9.17, 15) is 21.6 Å². The van der Waals surface area contributed by atoms with Gasteiger partial charge in [-0.05, 0) is 31.0 Å². The van der Waals surface area contributed by atoms with Crippen LogP contribution in [-0.2, 0) is 10.0 Å². The van der Waals surface area contributed by atoms with Crippen molar-refractivity contribution in [3.05, 3.63) is 28.2 Å². The van der Waals surface area contributed by atoms with E-state index in [1.807, 2.05) is 0 Å². The van der Waals surface area contributed by atoms with Crippen LogP contribution in [0.25, 0.3) is 0 Å². The topological polar surface area (TPSA) is 46.2 Å². The summed E-state index contributed by atoms with van der Waals surface area (Å²) in [5.74, 6) is -1.68. The first-order valence-corrected chi connectivity index (χ1v) is 8.88. The quantitative estimate of drug-likeness (QED) is 0.851. The molecular formula is C13H14Cl2F3NO2S. The summed E-state index contributed by atoms with van der Waals surface area (Å²) in [5.41, 5.74) is 0. The molecule has 1 saturated carbocycles. The number of benzene rings is 1. The average Bonchev–Trinajstić information content (AvgIpc) is 2.36. The number of rotatable bonds is 3. The highest BCUT2D eigenvalue weighted by atomic mass is 35.5. The van der Waals surface area contributed by atoms with Crippen LogP contribution in [0.2, 0.25) is 10.0 Å². The molecule has 22 heavy (non-hydrogen) atoms. The van der Waals surface area contributed by atoms with Crippen molar-refractivity contribution in [3.8, 4) is 0 Å². The van der Waals surface area contributed by atoms with Crippen LogP contribution in [0.3, 0.4) is 0 Å². The van der Waals surface area contributed by atoms with Gasteiger partial charge in [-0.25, -0.2) is 13.1 Å². The van der Waals surface area contributed by atoms with Gasteiger partial charge < -0.3 is 0 Å². The third-order valence-corrected chi connectivity index (χ3v) is 5.55. The Hall–Kier alpha value is -0.500. The van der Waals surface area contributed by atoms with Crippen LogP contribution >= 0.6 is 23.2 Å². The maximum absolute atomic E-state index is 13.0. The van der Waals surface area contributed by atoms with E-state index in [2.05, 4.69) is 4.72 Å². The highest BCUT2D eigenvalue weighted by molar-refractivity contribution is 7.89. The first-order valence-electron chi connectivity index (χ1n) is 6.65. The fourth-order valence-corrected chi connectivity index (χ4v) is 4.65. The number of alkyl halides is 3. The normalized spacial score (nSPS) is 23.5. The van der Waals surface area contributed by atoms with Crippen LogP contribution in [0.15, 0.2) is 23.1 Å². The highest BCUT2D eigenvalue weighted by Crippen LogP contribution is 2.38. The number of halogens is 5. The van der Waals surface area contributed by atoms with Crippen molar-refractivity contribution >= 4 is 33.2 Å². The molecule has 2 rings (SSSR count). The molecule has 1 N–H and O–H groups in total. The van der Waals surface area contributed by atoms with Crippen molar-refractivity contribution < 1.29 is 21.6 Å². The van der Waals surface area contributed by atoms with E-state index in [-0.39, 0.29) is 27.8 Å². The zero-order chi connectivity index (χ0) is 16.5. The third-order valence-electron chi connectivity index (χ3n) is 3.64. The second-order valence-electron chi connectivity index (χ2n) is 5.27. The molecule has 2 atom stereocenters. The molecule has 1 aliphatic rings. The van der Waals surface area contributed by atoms with Gasteiger partial charge >= 0.3 is 6.18 Å². The monoisotopic (exact) mass is 375 g/mol. The molecule has 124 valence electrons. The number of hydrogen-bond acceptors (Lipinski definition) is 2. The van der Waals surface area contributed by atoms with Crippen molar-refractivity contribution in [1.29, 1.82) is 0 Å². The molecule has 0 bridgehead atoms. The van der Waals surface area contributed by atoms with Crippen LogP contribution < -0.4 is 4.72 Å². The van der Waals surface area contributed by atoms with Gasteiger partial charge in [-0.3, -0.25) is 0 Å². The lowest BCUT2D eigenvalue weighted by atomic mass is 9.85. The third kappa shape index (κ3) is 4.28. The SMILES string of the molecule is O=S(=O)(NC1CCCCC1C(F)(F)F)c1cc(Cl)cc(Cl)c1. The number of hydrogen-bond donors (Lipinski definition) is 1. The number of nitrogens with one attached hydrogen (secondary N) is 1. The summed E-state index contributed by atoms with van der Waals surface area (Å²) in [6.07, 6.45) is -3.37. The van der Waals surface area contributed by atoms with Crippen molar-refractivity contribution in [2.24, 2.45) is 5.92 Å². The fourth-order valence-electron chi connectivity index (χ4n) is 2.61. The molecule has 3 nitrogen and oxygen atoms in total. The first kappa shape index (κ1) is 17.8. The van der Waals surface area contributed by atoms with Gasteiger partial charge in [0.15, 0.2) is 0 Å². The Labute approximate surface area is 136 Å². The van der Waals surface area contributed by atoms with Crippen LogP contribution in [0, 0.1) is 5.92 Å². The van der Waals surface area contributed by atoms with E-state index in [0.29, 0.717) is 12.8 Å². The van der Waals surface area contributed by atoms with Gasteiger partial charge in [0.2, 0.25) is 10.0 Å². The lowest BCUT2D eigenvalue weighted by Crippen LogP contribution is -2.47. The molecule has 0 aromatic heterocycles. The number of sulfonamides is 1. The molecular weight excluding hydrogens is 362 g/mol. The Morgan fingerprint density at radius 2 is 1.59 bits per heavy atom. The molecule has 0 heterocycles. The standard InChI is InChI=1S/C13H14Cl2F3NO2S/c14-8-5-9(15)7-10(6-8)22(20,21)19-12-4-2-1-3-11(12)13(16,17)18/h5-7,11-12,19H,1-4H2. The van der Waals surface area contributed by atoms with Crippen LogP contribution in [0.1, 0.15) is 25.7 Å². The summed E-state index contributed by atoms with van der Waals surface area (Å²) in [7, 11) is -4.12. The molecule has 1 aromatic carbocycles. The minimum Gasteiger partial charge on any atom is -0.207 e. The highest BCUT2D eigenvalue weighted by Gasteiger charge is 2.46. The minimum atomic E-state index is -4.43. The van der Waals surface area contributed by atoms with E-state index in [4.69, 9.17) is 23.2 Å². The zero-order valence-corrected chi connectivity index (χ0v) is 13.7. The zero-order valence-electron chi connectivity index (χ0n) is 11.3. The van der Waals surface area contributed by atoms with Crippen LogP contribution in [0.5, 0.6) is 0 Å². The van der Waals surface area contributed by atoms with Crippen molar-refractivity contribution in [3.63, 3.8) is 0 Å².